The Morgan fingerprint density at radius 1 is 0.333 bits per heavy atom. The number of rotatable bonds is 4. The Labute approximate surface area is 157 Å². The molecule has 4 aromatic rings. The van der Waals surface area contributed by atoms with E-state index in [0.29, 0.717) is 0 Å². The van der Waals surface area contributed by atoms with Crippen molar-refractivity contribution < 1.29 is 5.78 Å². The zero-order valence-corrected chi connectivity index (χ0v) is 17.0. The van der Waals surface area contributed by atoms with Crippen LogP contribution in [0.3, 0.4) is 0 Å². The molecule has 0 N–H and O–H groups in total. The molecule has 0 nitrogen and oxygen atoms in total. The van der Waals surface area contributed by atoms with Crippen molar-refractivity contribution in [1.82, 2.24) is 0 Å². The van der Waals surface area contributed by atoms with Gasteiger partial charge in [-0.25, -0.2) is 0 Å². The van der Waals surface area contributed by atoms with Crippen LogP contribution in [0.25, 0.3) is 0 Å². The van der Waals surface area contributed by atoms with Crippen molar-refractivity contribution in [1.29, 1.82) is 0 Å². The van der Waals surface area contributed by atoms with Gasteiger partial charge in [0.2, 0.25) is 0 Å². The summed E-state index contributed by atoms with van der Waals surface area (Å²) in [5, 5.41) is 0. The van der Waals surface area contributed by atoms with Crippen LogP contribution in [-0.2, 0) is 0 Å². The van der Waals surface area contributed by atoms with E-state index in [4.69, 9.17) is 0 Å². The van der Waals surface area contributed by atoms with Crippen LogP contribution in [0.5, 0.6) is 0 Å². The fraction of sp³-hybridized carbons (Fsp3) is 0. The monoisotopic (exact) mass is 476 g/mol. The maximum atomic E-state index is 18.3. The molecule has 4 aromatic carbocycles. The van der Waals surface area contributed by atoms with Crippen LogP contribution in [0, 0.1) is 0 Å². The van der Waals surface area contributed by atoms with Gasteiger partial charge in [0, 0.05) is 0 Å². The van der Waals surface area contributed by atoms with Crippen molar-refractivity contribution >= 4 is 31.0 Å². The van der Waals surface area contributed by atoms with E-state index >= 15 is 5.78 Å². The summed E-state index contributed by atoms with van der Waals surface area (Å²) < 4.78 is 37.0. The molecule has 0 amide bonds. The summed E-state index contributed by atoms with van der Waals surface area (Å²) in [6.07, 6.45) is 0. The Hall–Kier alpha value is -2.47. The third-order valence-corrected chi connectivity index (χ3v) is 20.3. The average Bonchev–Trinajstić information content (AvgIpc) is 2.77. The van der Waals surface area contributed by atoms with Crippen LogP contribution in [-0.4, -0.2) is 16.6 Å². The van der Waals surface area contributed by atoms with Gasteiger partial charge in [-0.05, 0) is 0 Å². The van der Waals surface area contributed by atoms with E-state index in [2.05, 4.69) is 0 Å². The van der Waals surface area contributed by atoms with Crippen LogP contribution in [0.4, 0.5) is 5.78 Å². The van der Waals surface area contributed by atoms with Gasteiger partial charge in [0.15, 0.2) is 0 Å². The van der Waals surface area contributed by atoms with Gasteiger partial charge in [0.25, 0.3) is 0 Å². The van der Waals surface area contributed by atoms with E-state index in [9.17, 15) is 0 Å². The summed E-state index contributed by atoms with van der Waals surface area (Å²) >= 11 is -7.44. The normalized spacial score (nSPS) is 14.1. The Balaban J connectivity index is 2.33. The topological polar surface area (TPSA) is 0 Å². The average molecular weight is 474 g/mol. The molecular weight excluding hydrogens is 454 g/mol. The molecule has 0 saturated carbocycles. The van der Waals surface area contributed by atoms with Gasteiger partial charge in [-0.2, -0.15) is 0 Å². The first-order chi connectivity index (χ1) is 13.0. The van der Waals surface area contributed by atoms with Gasteiger partial charge in [0.1, 0.15) is 0 Å². The number of hydrogen-bond donors (Lipinski definition) is 0. The minimum atomic E-state index is -7.44. The van der Waals surface area contributed by atoms with Crippen LogP contribution >= 0.6 is 0 Å². The first-order valence-electron chi connectivity index (χ1n) is 8.77. The molecule has 136 valence electrons. The molecule has 0 fully saturated rings. The molecule has 0 aliphatic rings. The van der Waals surface area contributed by atoms with Gasteiger partial charge in [0.05, 0.1) is 0 Å². The SMILES string of the molecule is F[Te](F)(c1ccccc1)(c1ccccc1)(c1ccccc1)c1ccccc1. The number of benzene rings is 4. The summed E-state index contributed by atoms with van der Waals surface area (Å²) in [5.74, 6) is 0. The molecule has 0 aliphatic carbocycles. The summed E-state index contributed by atoms with van der Waals surface area (Å²) in [6.45, 7) is 0. The molecule has 0 radical (unpaired) electrons. The van der Waals surface area contributed by atoms with Crippen molar-refractivity contribution in [2.24, 2.45) is 0 Å². The molecule has 4 rings (SSSR count). The van der Waals surface area contributed by atoms with Crippen LogP contribution in [0.1, 0.15) is 0 Å². The third kappa shape index (κ3) is 2.26. The van der Waals surface area contributed by atoms with E-state index in [1.54, 1.807) is 121 Å². The molecule has 0 aromatic heterocycles. The molecule has 3 heteroatoms. The molecule has 0 heterocycles. The van der Waals surface area contributed by atoms with Gasteiger partial charge < -0.3 is 0 Å². The van der Waals surface area contributed by atoms with Crippen molar-refractivity contribution in [3.05, 3.63) is 121 Å². The summed E-state index contributed by atoms with van der Waals surface area (Å²) in [5.41, 5.74) is 0. The molecule has 0 aliphatic heterocycles. The standard InChI is InChI=1S/C24H20F2Te/c25-27(26,21-13-5-1-6-14-21,22-15-7-2-8-16-22,23-17-9-3-10-18-23)24-19-11-4-12-20-24/h1-20H. The molecule has 0 bridgehead atoms. The molecule has 27 heavy (non-hydrogen) atoms. The van der Waals surface area contributed by atoms with Crippen LogP contribution < -0.4 is 14.4 Å². The summed E-state index contributed by atoms with van der Waals surface area (Å²) in [6, 6.07) is 33.4. The van der Waals surface area contributed by atoms with E-state index in [0.717, 1.165) is 0 Å². The fourth-order valence-corrected chi connectivity index (χ4v) is 17.2. The van der Waals surface area contributed by atoms with Crippen molar-refractivity contribution in [3.63, 3.8) is 0 Å². The molecule has 0 spiro atoms. The second-order valence-electron chi connectivity index (χ2n) is 6.54. The zero-order chi connectivity index (χ0) is 18.9. The van der Waals surface area contributed by atoms with Crippen molar-refractivity contribution in [3.8, 4) is 0 Å². The van der Waals surface area contributed by atoms with Crippen LogP contribution in [0.2, 0.25) is 0 Å². The predicted octanol–water partition coefficient (Wildman–Crippen LogP) is 3.90. The molecule has 0 atom stereocenters. The predicted molar refractivity (Wildman–Crippen MR) is 112 cm³/mol. The molecule has 0 unspecified atom stereocenters. The quantitative estimate of drug-likeness (QED) is 0.394. The zero-order valence-electron chi connectivity index (χ0n) is 14.7. The fourth-order valence-electron chi connectivity index (χ4n) is 3.73. The Morgan fingerprint density at radius 3 is 0.704 bits per heavy atom. The van der Waals surface area contributed by atoms with Gasteiger partial charge >= 0.3 is 158 Å². The summed E-state index contributed by atoms with van der Waals surface area (Å²) in [7, 11) is 0. The Morgan fingerprint density at radius 2 is 0.519 bits per heavy atom. The van der Waals surface area contributed by atoms with E-state index < -0.39 is 16.6 Å². The van der Waals surface area contributed by atoms with E-state index in [1.807, 2.05) is 0 Å². The van der Waals surface area contributed by atoms with E-state index in [1.165, 1.54) is 0 Å². The van der Waals surface area contributed by atoms with E-state index in [-0.39, 0.29) is 14.4 Å². The first kappa shape index (κ1) is 17.9. The third-order valence-electron chi connectivity index (χ3n) is 5.10. The van der Waals surface area contributed by atoms with Crippen LogP contribution in [0.15, 0.2) is 121 Å². The van der Waals surface area contributed by atoms with Gasteiger partial charge in [-0.15, -0.1) is 0 Å². The summed E-state index contributed by atoms with van der Waals surface area (Å²) in [4.78, 5) is 0. The number of halogens is 2. The minimum absolute atomic E-state index is 0.0999. The van der Waals surface area contributed by atoms with Crippen molar-refractivity contribution in [2.45, 2.75) is 0 Å². The maximum absolute atomic E-state index is 18.3. The van der Waals surface area contributed by atoms with Gasteiger partial charge in [-0.3, -0.25) is 0 Å². The van der Waals surface area contributed by atoms with Crippen molar-refractivity contribution in [2.75, 3.05) is 0 Å². The first-order valence-corrected chi connectivity index (χ1v) is 15.2. The van der Waals surface area contributed by atoms with Gasteiger partial charge in [-0.1, -0.05) is 0 Å². The second kappa shape index (κ2) is 6.02. The number of hydrogen-bond acceptors (Lipinski definition) is 0. The Bertz CT molecular complexity index is 881. The molecule has 0 saturated heterocycles. The molecular formula is C24H20F2Te. The Kier molecular flexibility index (Phi) is 4.00. The second-order valence-corrected chi connectivity index (χ2v) is 19.3.